The topological polar surface area (TPSA) is 69.9 Å². The highest BCUT2D eigenvalue weighted by Gasteiger charge is 2.16. The number of rotatable bonds is 8. The number of hydrogen-bond acceptors (Lipinski definition) is 4. The Bertz CT molecular complexity index is 269. The minimum Gasteiger partial charge on any atom is -0.348 e. The fraction of sp³-hybridized carbons (Fsp3) is 0.833. The molecule has 0 rings (SSSR count). The first-order valence-corrected chi connectivity index (χ1v) is 6.28. The molecule has 0 saturated heterocycles. The summed E-state index contributed by atoms with van der Waals surface area (Å²) in [5.41, 5.74) is 5.41. The predicted molar refractivity (Wildman–Crippen MR) is 72.1 cm³/mol. The lowest BCUT2D eigenvalue weighted by molar-refractivity contribution is -0.133. The number of hydrogen-bond donors (Lipinski definition) is 1. The normalized spacial score (nSPS) is 10.6. The summed E-state index contributed by atoms with van der Waals surface area (Å²) in [6, 6.07) is 0. The van der Waals surface area contributed by atoms with Crippen LogP contribution in [0.4, 0.5) is 0 Å². The summed E-state index contributed by atoms with van der Waals surface area (Å²) in [4.78, 5) is 28.5. The molecule has 0 aliphatic carbocycles. The van der Waals surface area contributed by atoms with E-state index in [1.54, 1.807) is 26.0 Å². The molecule has 106 valence electrons. The van der Waals surface area contributed by atoms with Gasteiger partial charge in [-0.1, -0.05) is 6.92 Å². The van der Waals surface area contributed by atoms with Crippen LogP contribution in [0.1, 0.15) is 13.3 Å². The second kappa shape index (κ2) is 8.88. The van der Waals surface area contributed by atoms with Crippen LogP contribution in [-0.4, -0.2) is 80.4 Å². The predicted octanol–water partition coefficient (Wildman–Crippen LogP) is -0.796. The van der Waals surface area contributed by atoms with Gasteiger partial charge >= 0.3 is 0 Å². The molecule has 0 radical (unpaired) electrons. The van der Waals surface area contributed by atoms with Crippen LogP contribution < -0.4 is 5.73 Å². The quantitative estimate of drug-likeness (QED) is 0.619. The molecule has 18 heavy (non-hydrogen) atoms. The maximum absolute atomic E-state index is 11.9. The van der Waals surface area contributed by atoms with Gasteiger partial charge in [-0.05, 0) is 19.5 Å². The highest BCUT2D eigenvalue weighted by Crippen LogP contribution is 1.95. The number of likely N-dealkylation sites (N-methyl/N-ethyl adjacent to an activating group) is 3. The molecule has 0 aliphatic heterocycles. The first-order valence-electron chi connectivity index (χ1n) is 6.28. The minimum atomic E-state index is 0.00858. The zero-order valence-corrected chi connectivity index (χ0v) is 12.0. The molecule has 0 aromatic carbocycles. The van der Waals surface area contributed by atoms with Crippen LogP contribution >= 0.6 is 0 Å². The Labute approximate surface area is 110 Å². The van der Waals surface area contributed by atoms with Crippen molar-refractivity contribution in [1.29, 1.82) is 0 Å². The van der Waals surface area contributed by atoms with E-state index in [-0.39, 0.29) is 24.9 Å². The SMILES string of the molecule is CCN(CC(=O)N(C)C)CC(=O)N(C)CCCN. The van der Waals surface area contributed by atoms with Gasteiger partial charge in [0.15, 0.2) is 0 Å². The molecule has 6 heteroatoms. The molecule has 0 aromatic heterocycles. The smallest absolute Gasteiger partial charge is 0.236 e. The summed E-state index contributed by atoms with van der Waals surface area (Å²) in [6.07, 6.45) is 0.797. The Kier molecular flexibility index (Phi) is 8.32. The van der Waals surface area contributed by atoms with Crippen LogP contribution in [0.5, 0.6) is 0 Å². The molecule has 0 atom stereocenters. The van der Waals surface area contributed by atoms with Crippen molar-refractivity contribution in [2.24, 2.45) is 5.73 Å². The third kappa shape index (κ3) is 6.56. The summed E-state index contributed by atoms with van der Waals surface area (Å²) in [5, 5.41) is 0. The van der Waals surface area contributed by atoms with E-state index in [1.165, 1.54) is 4.90 Å². The summed E-state index contributed by atoms with van der Waals surface area (Å²) in [7, 11) is 5.19. The number of carbonyl (C=O) groups excluding carboxylic acids is 2. The van der Waals surface area contributed by atoms with Crippen LogP contribution in [-0.2, 0) is 9.59 Å². The largest absolute Gasteiger partial charge is 0.348 e. The first kappa shape index (κ1) is 16.9. The monoisotopic (exact) mass is 258 g/mol. The third-order valence-electron chi connectivity index (χ3n) is 2.79. The van der Waals surface area contributed by atoms with E-state index in [2.05, 4.69) is 0 Å². The Morgan fingerprint density at radius 2 is 1.61 bits per heavy atom. The molecule has 2 N–H and O–H groups in total. The fourth-order valence-electron chi connectivity index (χ4n) is 1.38. The molecular formula is C12H26N4O2. The molecule has 2 amide bonds. The number of amides is 2. The molecule has 0 aliphatic rings. The summed E-state index contributed by atoms with van der Waals surface area (Å²) in [6.45, 7) is 4.41. The third-order valence-corrected chi connectivity index (χ3v) is 2.79. The van der Waals surface area contributed by atoms with Crippen molar-refractivity contribution in [3.8, 4) is 0 Å². The number of nitrogens with two attached hydrogens (primary N) is 1. The van der Waals surface area contributed by atoms with E-state index >= 15 is 0 Å². The second-order valence-corrected chi connectivity index (χ2v) is 4.55. The minimum absolute atomic E-state index is 0.00858. The van der Waals surface area contributed by atoms with Gasteiger partial charge in [0.05, 0.1) is 13.1 Å². The van der Waals surface area contributed by atoms with Gasteiger partial charge in [-0.2, -0.15) is 0 Å². The summed E-state index contributed by atoms with van der Waals surface area (Å²) < 4.78 is 0. The standard InChI is InChI=1S/C12H26N4O2/c1-5-16(9-11(17)14(2)3)10-12(18)15(4)8-6-7-13/h5-10,13H2,1-4H3. The van der Waals surface area contributed by atoms with Crippen molar-refractivity contribution in [3.05, 3.63) is 0 Å². The molecule has 0 spiro atoms. The lowest BCUT2D eigenvalue weighted by Gasteiger charge is -2.24. The van der Waals surface area contributed by atoms with E-state index in [9.17, 15) is 9.59 Å². The van der Waals surface area contributed by atoms with E-state index in [4.69, 9.17) is 5.73 Å². The van der Waals surface area contributed by atoms with Crippen molar-refractivity contribution >= 4 is 11.8 Å². The Morgan fingerprint density at radius 1 is 1.06 bits per heavy atom. The summed E-state index contributed by atoms with van der Waals surface area (Å²) in [5.74, 6) is 0.0334. The van der Waals surface area contributed by atoms with Crippen molar-refractivity contribution in [2.75, 3.05) is 53.9 Å². The Balaban J connectivity index is 4.19. The highest BCUT2D eigenvalue weighted by atomic mass is 16.2. The molecule has 0 fully saturated rings. The molecule has 0 heterocycles. The van der Waals surface area contributed by atoms with E-state index < -0.39 is 0 Å². The average Bonchev–Trinajstić information content (AvgIpc) is 2.34. The highest BCUT2D eigenvalue weighted by molar-refractivity contribution is 5.80. The zero-order chi connectivity index (χ0) is 14.1. The Morgan fingerprint density at radius 3 is 2.06 bits per heavy atom. The molecule has 6 nitrogen and oxygen atoms in total. The molecule has 0 bridgehead atoms. The fourth-order valence-corrected chi connectivity index (χ4v) is 1.38. The molecule has 0 saturated carbocycles. The van der Waals surface area contributed by atoms with Gasteiger partial charge in [-0.15, -0.1) is 0 Å². The molecular weight excluding hydrogens is 232 g/mol. The van der Waals surface area contributed by atoms with Gasteiger partial charge in [-0.25, -0.2) is 0 Å². The summed E-state index contributed by atoms with van der Waals surface area (Å²) >= 11 is 0. The van der Waals surface area contributed by atoms with Crippen LogP contribution in [0.3, 0.4) is 0 Å². The molecule has 0 aromatic rings. The number of nitrogens with zero attached hydrogens (tertiary/aromatic N) is 3. The van der Waals surface area contributed by atoms with E-state index in [0.717, 1.165) is 6.42 Å². The van der Waals surface area contributed by atoms with Gasteiger partial charge in [0.2, 0.25) is 11.8 Å². The lowest BCUT2D eigenvalue weighted by Crippen LogP contribution is -2.43. The van der Waals surface area contributed by atoms with Crippen molar-refractivity contribution in [3.63, 3.8) is 0 Å². The van der Waals surface area contributed by atoms with Gasteiger partial charge < -0.3 is 15.5 Å². The Hall–Kier alpha value is -1.14. The average molecular weight is 258 g/mol. The maximum atomic E-state index is 11.9. The van der Waals surface area contributed by atoms with Crippen LogP contribution in [0.15, 0.2) is 0 Å². The van der Waals surface area contributed by atoms with Gasteiger partial charge in [0.1, 0.15) is 0 Å². The van der Waals surface area contributed by atoms with Crippen molar-refractivity contribution < 1.29 is 9.59 Å². The van der Waals surface area contributed by atoms with Crippen LogP contribution in [0, 0.1) is 0 Å². The second-order valence-electron chi connectivity index (χ2n) is 4.55. The van der Waals surface area contributed by atoms with E-state index in [1.807, 2.05) is 11.8 Å². The lowest BCUT2D eigenvalue weighted by atomic mass is 10.3. The first-order chi connectivity index (χ1) is 8.42. The van der Waals surface area contributed by atoms with E-state index in [0.29, 0.717) is 19.6 Å². The van der Waals surface area contributed by atoms with Gasteiger partial charge in [-0.3, -0.25) is 14.5 Å². The van der Waals surface area contributed by atoms with Crippen LogP contribution in [0.2, 0.25) is 0 Å². The molecule has 0 unspecified atom stereocenters. The van der Waals surface area contributed by atoms with Crippen LogP contribution in [0.25, 0.3) is 0 Å². The van der Waals surface area contributed by atoms with Crippen molar-refractivity contribution in [2.45, 2.75) is 13.3 Å². The zero-order valence-electron chi connectivity index (χ0n) is 12.0. The van der Waals surface area contributed by atoms with Gasteiger partial charge in [0, 0.05) is 27.7 Å². The van der Waals surface area contributed by atoms with Crippen molar-refractivity contribution in [1.82, 2.24) is 14.7 Å². The van der Waals surface area contributed by atoms with Gasteiger partial charge in [0.25, 0.3) is 0 Å². The number of carbonyl (C=O) groups is 2. The maximum Gasteiger partial charge on any atom is 0.236 e.